The molecule has 0 radical (unpaired) electrons. The number of carbonyl (C=O) groups excluding carboxylic acids is 1. The van der Waals surface area contributed by atoms with Gasteiger partial charge in [-0.05, 0) is 12.8 Å². The standard InChI is InChI=1S/C13H21NO2/c1-2-11-8-12(15)14(9-11)10-13(16)6-4-3-5-7-13/h2,11,16H,1,3-10H2. The zero-order chi connectivity index (χ0) is 11.6. The van der Waals surface area contributed by atoms with E-state index < -0.39 is 5.60 Å². The van der Waals surface area contributed by atoms with Crippen molar-refractivity contribution in [2.45, 2.75) is 44.1 Å². The highest BCUT2D eigenvalue weighted by Crippen LogP contribution is 2.30. The van der Waals surface area contributed by atoms with Gasteiger partial charge in [0.05, 0.1) is 5.60 Å². The van der Waals surface area contributed by atoms with E-state index in [2.05, 4.69) is 6.58 Å². The lowest BCUT2D eigenvalue weighted by Gasteiger charge is -2.35. The lowest BCUT2D eigenvalue weighted by atomic mass is 9.84. The summed E-state index contributed by atoms with van der Waals surface area (Å²) in [6.07, 6.45) is 7.49. The van der Waals surface area contributed by atoms with E-state index in [-0.39, 0.29) is 11.8 Å². The number of β-amino-alcohol motifs (C(OH)–C–C–N with tert-alkyl or cyclic N) is 1. The Morgan fingerprint density at radius 3 is 2.69 bits per heavy atom. The molecule has 0 aromatic heterocycles. The Morgan fingerprint density at radius 2 is 2.12 bits per heavy atom. The van der Waals surface area contributed by atoms with Crippen LogP contribution in [0.2, 0.25) is 0 Å². The van der Waals surface area contributed by atoms with Gasteiger partial charge in [-0.15, -0.1) is 6.58 Å². The summed E-state index contributed by atoms with van der Waals surface area (Å²) in [6.45, 7) is 5.00. The predicted molar refractivity (Wildman–Crippen MR) is 62.9 cm³/mol. The molecule has 2 rings (SSSR count). The summed E-state index contributed by atoms with van der Waals surface area (Å²) in [6, 6.07) is 0. The molecule has 1 unspecified atom stereocenters. The van der Waals surface area contributed by atoms with Crippen molar-refractivity contribution in [3.63, 3.8) is 0 Å². The largest absolute Gasteiger partial charge is 0.388 e. The summed E-state index contributed by atoms with van der Waals surface area (Å²) in [7, 11) is 0. The Bertz CT molecular complexity index is 282. The highest BCUT2D eigenvalue weighted by Gasteiger charge is 2.36. The number of carbonyl (C=O) groups is 1. The summed E-state index contributed by atoms with van der Waals surface area (Å²) in [4.78, 5) is 13.5. The van der Waals surface area contributed by atoms with Crippen LogP contribution in [0.4, 0.5) is 0 Å². The third-order valence-electron chi connectivity index (χ3n) is 3.85. The first kappa shape index (κ1) is 11.6. The molecule has 1 atom stereocenters. The molecule has 1 heterocycles. The maximum atomic E-state index is 11.7. The molecule has 16 heavy (non-hydrogen) atoms. The molecule has 1 saturated heterocycles. The third kappa shape index (κ3) is 2.46. The van der Waals surface area contributed by atoms with Gasteiger partial charge in [0.2, 0.25) is 5.91 Å². The van der Waals surface area contributed by atoms with Gasteiger partial charge in [-0.3, -0.25) is 4.79 Å². The van der Waals surface area contributed by atoms with E-state index in [0.717, 1.165) is 32.2 Å². The van der Waals surface area contributed by atoms with Crippen LogP contribution < -0.4 is 0 Å². The minimum atomic E-state index is -0.621. The molecule has 1 aliphatic heterocycles. The molecular weight excluding hydrogens is 202 g/mol. The van der Waals surface area contributed by atoms with E-state index >= 15 is 0 Å². The normalized spacial score (nSPS) is 29.4. The van der Waals surface area contributed by atoms with Gasteiger partial charge in [-0.1, -0.05) is 25.3 Å². The van der Waals surface area contributed by atoms with Gasteiger partial charge in [0, 0.05) is 25.4 Å². The Hall–Kier alpha value is -0.830. The molecule has 1 saturated carbocycles. The predicted octanol–water partition coefficient (Wildman–Crippen LogP) is 1.72. The Kier molecular flexibility index (Phi) is 3.33. The van der Waals surface area contributed by atoms with Gasteiger partial charge in [0.1, 0.15) is 0 Å². The van der Waals surface area contributed by atoms with E-state index in [0.29, 0.717) is 13.0 Å². The van der Waals surface area contributed by atoms with E-state index in [1.807, 2.05) is 11.0 Å². The van der Waals surface area contributed by atoms with Crippen LogP contribution in [-0.4, -0.2) is 34.6 Å². The lowest BCUT2D eigenvalue weighted by Crippen LogP contribution is -2.45. The molecule has 90 valence electrons. The van der Waals surface area contributed by atoms with E-state index in [1.54, 1.807) is 0 Å². The van der Waals surface area contributed by atoms with Crippen LogP contribution >= 0.6 is 0 Å². The molecule has 0 spiro atoms. The van der Waals surface area contributed by atoms with Crippen LogP contribution in [0.5, 0.6) is 0 Å². The van der Waals surface area contributed by atoms with Crippen molar-refractivity contribution in [1.82, 2.24) is 4.90 Å². The number of aliphatic hydroxyl groups is 1. The fourth-order valence-electron chi connectivity index (χ4n) is 2.84. The SMILES string of the molecule is C=CC1CC(=O)N(CC2(O)CCCCC2)C1. The summed E-state index contributed by atoms with van der Waals surface area (Å²) >= 11 is 0. The first-order valence-electron chi connectivity index (χ1n) is 6.26. The monoisotopic (exact) mass is 223 g/mol. The quantitative estimate of drug-likeness (QED) is 0.740. The van der Waals surface area contributed by atoms with Crippen LogP contribution in [0.3, 0.4) is 0 Å². The zero-order valence-corrected chi connectivity index (χ0v) is 9.82. The Morgan fingerprint density at radius 1 is 1.44 bits per heavy atom. The number of hydrogen-bond acceptors (Lipinski definition) is 2. The Balaban J connectivity index is 1.93. The van der Waals surface area contributed by atoms with Crippen molar-refractivity contribution >= 4 is 5.91 Å². The van der Waals surface area contributed by atoms with Crippen LogP contribution in [0.15, 0.2) is 12.7 Å². The van der Waals surface area contributed by atoms with Gasteiger partial charge in [-0.25, -0.2) is 0 Å². The first-order chi connectivity index (χ1) is 7.63. The summed E-state index contributed by atoms with van der Waals surface area (Å²) in [5, 5.41) is 10.4. The molecule has 2 aliphatic rings. The minimum absolute atomic E-state index is 0.170. The van der Waals surface area contributed by atoms with Crippen LogP contribution in [0.25, 0.3) is 0 Å². The number of hydrogen-bond donors (Lipinski definition) is 1. The molecule has 1 amide bonds. The molecule has 1 aliphatic carbocycles. The number of rotatable bonds is 3. The van der Waals surface area contributed by atoms with Gasteiger partial charge in [-0.2, -0.15) is 0 Å². The fraction of sp³-hybridized carbons (Fsp3) is 0.769. The van der Waals surface area contributed by atoms with Crippen molar-refractivity contribution in [3.05, 3.63) is 12.7 Å². The van der Waals surface area contributed by atoms with Gasteiger partial charge < -0.3 is 10.0 Å². The number of likely N-dealkylation sites (tertiary alicyclic amines) is 1. The van der Waals surface area contributed by atoms with E-state index in [9.17, 15) is 9.90 Å². The molecule has 1 N–H and O–H groups in total. The van der Waals surface area contributed by atoms with Crippen molar-refractivity contribution in [3.8, 4) is 0 Å². The highest BCUT2D eigenvalue weighted by atomic mass is 16.3. The van der Waals surface area contributed by atoms with Gasteiger partial charge in [0.25, 0.3) is 0 Å². The zero-order valence-electron chi connectivity index (χ0n) is 9.82. The Labute approximate surface area is 97.1 Å². The maximum Gasteiger partial charge on any atom is 0.223 e. The molecule has 0 aromatic carbocycles. The molecular formula is C13H21NO2. The van der Waals surface area contributed by atoms with E-state index in [4.69, 9.17) is 0 Å². The van der Waals surface area contributed by atoms with Crippen molar-refractivity contribution in [2.75, 3.05) is 13.1 Å². The van der Waals surface area contributed by atoms with Crippen LogP contribution in [0.1, 0.15) is 38.5 Å². The number of nitrogens with zero attached hydrogens (tertiary/aromatic N) is 1. The highest BCUT2D eigenvalue weighted by molar-refractivity contribution is 5.79. The number of amides is 1. The smallest absolute Gasteiger partial charge is 0.223 e. The summed E-state index contributed by atoms with van der Waals surface area (Å²) in [5.74, 6) is 0.448. The molecule has 0 aromatic rings. The van der Waals surface area contributed by atoms with Crippen LogP contribution in [0, 0.1) is 5.92 Å². The first-order valence-corrected chi connectivity index (χ1v) is 6.26. The van der Waals surface area contributed by atoms with Crippen molar-refractivity contribution in [2.24, 2.45) is 5.92 Å². The second kappa shape index (κ2) is 4.58. The molecule has 0 bridgehead atoms. The molecule has 3 nitrogen and oxygen atoms in total. The second-order valence-corrected chi connectivity index (χ2v) is 5.26. The van der Waals surface area contributed by atoms with Gasteiger partial charge in [0.15, 0.2) is 0 Å². The topological polar surface area (TPSA) is 40.5 Å². The summed E-state index contributed by atoms with van der Waals surface area (Å²) in [5.41, 5.74) is -0.621. The van der Waals surface area contributed by atoms with E-state index in [1.165, 1.54) is 6.42 Å². The average molecular weight is 223 g/mol. The fourth-order valence-corrected chi connectivity index (χ4v) is 2.84. The average Bonchev–Trinajstić information content (AvgIpc) is 2.60. The van der Waals surface area contributed by atoms with Crippen LogP contribution in [-0.2, 0) is 4.79 Å². The maximum absolute atomic E-state index is 11.7. The summed E-state index contributed by atoms with van der Waals surface area (Å²) < 4.78 is 0. The minimum Gasteiger partial charge on any atom is -0.388 e. The lowest BCUT2D eigenvalue weighted by molar-refractivity contribution is -0.131. The van der Waals surface area contributed by atoms with Crippen molar-refractivity contribution < 1.29 is 9.90 Å². The second-order valence-electron chi connectivity index (χ2n) is 5.26. The third-order valence-corrected chi connectivity index (χ3v) is 3.85. The molecule has 3 heteroatoms. The van der Waals surface area contributed by atoms with Crippen molar-refractivity contribution in [1.29, 1.82) is 0 Å². The molecule has 2 fully saturated rings. The van der Waals surface area contributed by atoms with Gasteiger partial charge >= 0.3 is 0 Å².